The third kappa shape index (κ3) is 6.33. The van der Waals surface area contributed by atoms with Crippen molar-refractivity contribution < 1.29 is 28.0 Å². The average molecular weight is 481 g/mol. The maximum atomic E-state index is 10.9. The molecule has 4 aromatic rings. The van der Waals surface area contributed by atoms with Crippen molar-refractivity contribution in [3.05, 3.63) is 89.3 Å². The predicted molar refractivity (Wildman–Crippen MR) is 121 cm³/mol. The summed E-state index contributed by atoms with van der Waals surface area (Å²) in [4.78, 5) is 28.2. The number of pyridine rings is 1. The Hall–Kier alpha value is -3.43. The molecule has 10 nitrogen and oxygen atoms in total. The van der Waals surface area contributed by atoms with E-state index in [9.17, 15) is 9.46 Å². The lowest BCUT2D eigenvalue weighted by Crippen LogP contribution is -2.38. The number of anilines is 1. The van der Waals surface area contributed by atoms with E-state index in [-0.39, 0.29) is 5.82 Å². The molecule has 0 amide bonds. The van der Waals surface area contributed by atoms with E-state index in [1.165, 1.54) is 16.3 Å². The minimum absolute atomic E-state index is 0.210. The summed E-state index contributed by atoms with van der Waals surface area (Å²) >= 11 is 0. The summed E-state index contributed by atoms with van der Waals surface area (Å²) < 4.78 is 22.1. The molecular formula is C23H24N5O5P. The molecule has 11 heteroatoms. The second-order valence-electron chi connectivity index (χ2n) is 7.77. The van der Waals surface area contributed by atoms with Gasteiger partial charge in [-0.1, -0.05) is 29.4 Å². The zero-order valence-corrected chi connectivity index (χ0v) is 19.4. The van der Waals surface area contributed by atoms with Crippen LogP contribution in [0.1, 0.15) is 28.3 Å². The lowest BCUT2D eigenvalue weighted by molar-refractivity contribution is -0.712. The van der Waals surface area contributed by atoms with Crippen molar-refractivity contribution >= 4 is 13.6 Å². The highest BCUT2D eigenvalue weighted by molar-refractivity contribution is 7.44. The second kappa shape index (κ2) is 10.2. The largest absolute Gasteiger partial charge is 0.756 e. The van der Waals surface area contributed by atoms with Gasteiger partial charge in [0.2, 0.25) is 0 Å². The first kappa shape index (κ1) is 23.7. The summed E-state index contributed by atoms with van der Waals surface area (Å²) in [6, 6.07) is 15.4. The topological polar surface area (TPSA) is 151 Å². The fourth-order valence-electron chi connectivity index (χ4n) is 3.49. The van der Waals surface area contributed by atoms with E-state index in [1.54, 1.807) is 24.4 Å². The Morgan fingerprint density at radius 1 is 1.15 bits per heavy atom. The SMILES string of the molecule is Cc1nccc(CCc2ccc(Cc3cc(-c4ccc[n+](COP(=O)([O-])O)c4N)on3)cc2)n1. The van der Waals surface area contributed by atoms with Crippen LogP contribution in [0.15, 0.2) is 65.4 Å². The summed E-state index contributed by atoms with van der Waals surface area (Å²) in [5.74, 6) is 1.42. The van der Waals surface area contributed by atoms with Crippen LogP contribution in [0.25, 0.3) is 11.3 Å². The normalized spacial score (nSPS) is 13.0. The van der Waals surface area contributed by atoms with Crippen molar-refractivity contribution in [2.75, 3.05) is 5.73 Å². The number of aryl methyl sites for hydroxylation is 3. The van der Waals surface area contributed by atoms with E-state index >= 15 is 0 Å². The van der Waals surface area contributed by atoms with Crippen LogP contribution in [0.4, 0.5) is 5.82 Å². The quantitative estimate of drug-likeness (QED) is 0.270. The Bertz CT molecular complexity index is 1320. The molecule has 34 heavy (non-hydrogen) atoms. The maximum absolute atomic E-state index is 10.9. The minimum Gasteiger partial charge on any atom is -0.756 e. The molecule has 3 heterocycles. The van der Waals surface area contributed by atoms with Gasteiger partial charge in [0.25, 0.3) is 13.6 Å². The van der Waals surface area contributed by atoms with Crippen LogP contribution in [0, 0.1) is 6.92 Å². The minimum atomic E-state index is -4.87. The van der Waals surface area contributed by atoms with E-state index in [4.69, 9.17) is 15.2 Å². The van der Waals surface area contributed by atoms with Gasteiger partial charge in [0, 0.05) is 24.4 Å². The highest BCUT2D eigenvalue weighted by Crippen LogP contribution is 2.30. The number of nitrogens with two attached hydrogens (primary N) is 1. The Morgan fingerprint density at radius 3 is 2.65 bits per heavy atom. The maximum Gasteiger partial charge on any atom is 0.285 e. The first-order valence-electron chi connectivity index (χ1n) is 10.6. The molecule has 0 spiro atoms. The predicted octanol–water partition coefficient (Wildman–Crippen LogP) is 2.12. The number of hydrogen-bond donors (Lipinski definition) is 2. The monoisotopic (exact) mass is 481 g/mol. The van der Waals surface area contributed by atoms with Crippen molar-refractivity contribution in [3.8, 4) is 11.3 Å². The number of rotatable bonds is 9. The molecule has 176 valence electrons. The number of aromatic nitrogens is 4. The number of phosphoric acid groups is 1. The molecule has 0 bridgehead atoms. The molecule has 0 aliphatic rings. The molecule has 3 aromatic heterocycles. The van der Waals surface area contributed by atoms with Gasteiger partial charge in [-0.15, -0.1) is 0 Å². The Balaban J connectivity index is 1.40. The number of hydrogen-bond acceptors (Lipinski definition) is 8. The number of nitrogen functional groups attached to an aromatic ring is 1. The lowest BCUT2D eigenvalue weighted by Gasteiger charge is -2.14. The van der Waals surface area contributed by atoms with Crippen LogP contribution in [0.5, 0.6) is 0 Å². The number of benzene rings is 1. The van der Waals surface area contributed by atoms with E-state index in [0.717, 1.165) is 35.6 Å². The van der Waals surface area contributed by atoms with Crippen LogP contribution in [0.2, 0.25) is 0 Å². The molecule has 1 atom stereocenters. The number of nitrogens with zero attached hydrogens (tertiary/aromatic N) is 4. The molecule has 0 saturated carbocycles. The first-order chi connectivity index (χ1) is 16.3. The van der Waals surface area contributed by atoms with Gasteiger partial charge >= 0.3 is 0 Å². The lowest BCUT2D eigenvalue weighted by atomic mass is 10.0. The molecule has 0 saturated heterocycles. The standard InChI is InChI=1S/C23H24N5O5P/c1-16-25-11-10-19(26-16)9-8-17-4-6-18(7-5-17)13-20-14-22(33-27-20)21-3-2-12-28(23(21)24)15-32-34(29,30)31/h2-7,10-12,14,24H,8-9,13,15H2,1H3,(H2,29,30,31). The van der Waals surface area contributed by atoms with Crippen molar-refractivity contribution in [1.29, 1.82) is 0 Å². The summed E-state index contributed by atoms with van der Waals surface area (Å²) in [6.07, 6.45) is 5.63. The zero-order chi connectivity index (χ0) is 24.1. The summed E-state index contributed by atoms with van der Waals surface area (Å²) in [5, 5.41) is 4.13. The molecule has 1 aromatic carbocycles. The first-order valence-corrected chi connectivity index (χ1v) is 12.0. The number of phosphoric ester groups is 1. The van der Waals surface area contributed by atoms with Crippen LogP contribution >= 0.6 is 7.82 Å². The van der Waals surface area contributed by atoms with E-state index in [1.807, 2.05) is 13.0 Å². The van der Waals surface area contributed by atoms with E-state index in [2.05, 4.69) is 43.9 Å². The van der Waals surface area contributed by atoms with Crippen LogP contribution in [0.3, 0.4) is 0 Å². The van der Waals surface area contributed by atoms with Gasteiger partial charge in [-0.3, -0.25) is 14.8 Å². The van der Waals surface area contributed by atoms with Crippen molar-refractivity contribution in [3.63, 3.8) is 0 Å². The van der Waals surface area contributed by atoms with Crippen LogP contribution < -0.4 is 15.2 Å². The Labute approximate surface area is 196 Å². The van der Waals surface area contributed by atoms with Crippen LogP contribution in [-0.4, -0.2) is 20.0 Å². The third-order valence-corrected chi connectivity index (χ3v) is 5.65. The van der Waals surface area contributed by atoms with Gasteiger partial charge in [-0.2, -0.15) is 0 Å². The molecule has 1 unspecified atom stereocenters. The molecule has 3 N–H and O–H groups in total. The fraction of sp³-hybridized carbons (Fsp3) is 0.217. The summed E-state index contributed by atoms with van der Waals surface area (Å²) in [6.45, 7) is 1.43. The van der Waals surface area contributed by atoms with E-state index < -0.39 is 14.6 Å². The summed E-state index contributed by atoms with van der Waals surface area (Å²) in [5.41, 5.74) is 10.7. The van der Waals surface area contributed by atoms with Gasteiger partial charge in [-0.25, -0.2) is 14.5 Å². The molecule has 0 aliphatic heterocycles. The summed E-state index contributed by atoms with van der Waals surface area (Å²) in [7, 11) is -4.87. The van der Waals surface area contributed by atoms with Gasteiger partial charge < -0.3 is 14.3 Å². The Kier molecular flexibility index (Phi) is 7.14. The molecule has 4 rings (SSSR count). The van der Waals surface area contributed by atoms with Crippen LogP contribution in [-0.2, 0) is 35.1 Å². The second-order valence-corrected chi connectivity index (χ2v) is 8.97. The van der Waals surface area contributed by atoms with Crippen molar-refractivity contribution in [1.82, 2.24) is 15.1 Å². The van der Waals surface area contributed by atoms with E-state index in [0.29, 0.717) is 17.7 Å². The average Bonchev–Trinajstić information content (AvgIpc) is 3.25. The highest BCUT2D eigenvalue weighted by atomic mass is 31.2. The molecule has 0 fully saturated rings. The van der Waals surface area contributed by atoms with Gasteiger partial charge in [0.05, 0.1) is 11.9 Å². The van der Waals surface area contributed by atoms with Gasteiger partial charge in [0.15, 0.2) is 12.5 Å². The Morgan fingerprint density at radius 2 is 1.91 bits per heavy atom. The van der Waals surface area contributed by atoms with Crippen molar-refractivity contribution in [2.45, 2.75) is 32.9 Å². The van der Waals surface area contributed by atoms with Gasteiger partial charge in [0.1, 0.15) is 11.4 Å². The fourth-order valence-corrected chi connectivity index (χ4v) is 3.76. The highest BCUT2D eigenvalue weighted by Gasteiger charge is 2.18. The molecule has 0 radical (unpaired) electrons. The molecular weight excluding hydrogens is 457 g/mol. The third-order valence-electron chi connectivity index (χ3n) is 5.21. The van der Waals surface area contributed by atoms with Gasteiger partial charge in [-0.05, 0) is 49.1 Å². The zero-order valence-electron chi connectivity index (χ0n) is 18.5. The smallest absolute Gasteiger partial charge is 0.285 e. The van der Waals surface area contributed by atoms with Crippen molar-refractivity contribution in [2.24, 2.45) is 0 Å². The molecule has 0 aliphatic carbocycles.